The molecule has 0 radical (unpaired) electrons. The number of pyridine rings is 1. The molecule has 3 aromatic rings. The topological polar surface area (TPSA) is 72.7 Å². The fourth-order valence-corrected chi connectivity index (χ4v) is 6.00. The number of carbonyl (C=O) groups excluding carboxylic acids is 1. The maximum Gasteiger partial charge on any atom is 0.357 e. The summed E-state index contributed by atoms with van der Waals surface area (Å²) >= 11 is 0. The van der Waals surface area contributed by atoms with Crippen molar-refractivity contribution in [3.8, 4) is 5.69 Å². The predicted octanol–water partition coefficient (Wildman–Crippen LogP) is 4.47. The highest BCUT2D eigenvalue weighted by Gasteiger charge is 2.32. The molecule has 1 saturated carbocycles. The molecule has 6 rings (SSSR count). The van der Waals surface area contributed by atoms with Crippen molar-refractivity contribution in [3.63, 3.8) is 0 Å². The smallest absolute Gasteiger partial charge is 0.357 e. The molecule has 3 fully saturated rings. The molecule has 8 heteroatoms. The molecule has 0 spiro atoms. The molecule has 0 amide bonds. The van der Waals surface area contributed by atoms with Gasteiger partial charge in [0.05, 0.1) is 42.3 Å². The van der Waals surface area contributed by atoms with Crippen molar-refractivity contribution in [1.82, 2.24) is 19.7 Å². The van der Waals surface area contributed by atoms with E-state index in [2.05, 4.69) is 34.9 Å². The lowest BCUT2D eigenvalue weighted by molar-refractivity contribution is 0.0115. The third kappa shape index (κ3) is 4.73. The predicted molar refractivity (Wildman–Crippen MR) is 144 cm³/mol. The molecule has 4 heterocycles. The number of benzene rings is 1. The molecule has 37 heavy (non-hydrogen) atoms. The van der Waals surface area contributed by atoms with Crippen LogP contribution in [0.2, 0.25) is 0 Å². The lowest BCUT2D eigenvalue weighted by Crippen LogP contribution is -2.49. The SMILES string of the molecule is CCOC(=O)c1cc(N2CCC(N3CCOCC3)CC2)c2c(C3CCC3)nn(-c3cccc(C)c3)c2n1. The molecule has 0 atom stereocenters. The van der Waals surface area contributed by atoms with Gasteiger partial charge in [0.15, 0.2) is 11.3 Å². The van der Waals surface area contributed by atoms with Gasteiger partial charge in [-0.15, -0.1) is 0 Å². The van der Waals surface area contributed by atoms with Crippen LogP contribution in [0.1, 0.15) is 66.7 Å². The standard InChI is InChI=1S/C29H37N5O3/c1-3-37-29(35)24-19-25(33-12-10-22(11-13-33)32-14-16-36-17-15-32)26-27(21-7-5-8-21)31-34(28(26)30-24)23-9-4-6-20(2)18-23/h4,6,9,18-19,21-22H,3,5,7-8,10-17H2,1-2H3. The number of ether oxygens (including phenoxy) is 2. The molecule has 0 N–H and O–H groups in total. The van der Waals surface area contributed by atoms with Crippen LogP contribution in [0.5, 0.6) is 0 Å². The van der Waals surface area contributed by atoms with Crippen LogP contribution in [0.3, 0.4) is 0 Å². The van der Waals surface area contributed by atoms with Gasteiger partial charge in [0.2, 0.25) is 0 Å². The summed E-state index contributed by atoms with van der Waals surface area (Å²) in [4.78, 5) is 22.9. The molecule has 2 aromatic heterocycles. The number of esters is 1. The number of carbonyl (C=O) groups is 1. The van der Waals surface area contributed by atoms with E-state index < -0.39 is 0 Å². The number of morpholine rings is 1. The van der Waals surface area contributed by atoms with Crippen molar-refractivity contribution in [2.75, 3.05) is 50.9 Å². The summed E-state index contributed by atoms with van der Waals surface area (Å²) < 4.78 is 12.9. The van der Waals surface area contributed by atoms with Crippen molar-refractivity contribution >= 4 is 22.7 Å². The van der Waals surface area contributed by atoms with Crippen LogP contribution in [-0.2, 0) is 9.47 Å². The number of anilines is 1. The number of aromatic nitrogens is 3. The Hall–Kier alpha value is -2.97. The molecular weight excluding hydrogens is 466 g/mol. The molecule has 1 aromatic carbocycles. The fraction of sp³-hybridized carbons (Fsp3) is 0.552. The Bertz CT molecular complexity index is 1270. The second-order valence-electron chi connectivity index (χ2n) is 10.6. The van der Waals surface area contributed by atoms with Crippen LogP contribution in [0, 0.1) is 6.92 Å². The highest BCUT2D eigenvalue weighted by molar-refractivity contribution is 5.99. The Balaban J connectivity index is 1.44. The second-order valence-corrected chi connectivity index (χ2v) is 10.6. The zero-order valence-corrected chi connectivity index (χ0v) is 22.0. The number of fused-ring (bicyclic) bond motifs is 1. The number of nitrogens with zero attached hydrogens (tertiary/aromatic N) is 5. The molecule has 0 unspecified atom stereocenters. The highest BCUT2D eigenvalue weighted by atomic mass is 16.5. The summed E-state index contributed by atoms with van der Waals surface area (Å²) in [7, 11) is 0. The van der Waals surface area contributed by atoms with E-state index in [9.17, 15) is 4.79 Å². The summed E-state index contributed by atoms with van der Waals surface area (Å²) in [6.45, 7) is 9.84. The Morgan fingerprint density at radius 3 is 2.54 bits per heavy atom. The molecule has 196 valence electrons. The Morgan fingerprint density at radius 2 is 1.86 bits per heavy atom. The maximum absolute atomic E-state index is 12.9. The molecule has 2 saturated heterocycles. The van der Waals surface area contributed by atoms with Gasteiger partial charge in [0.1, 0.15) is 0 Å². The summed E-state index contributed by atoms with van der Waals surface area (Å²) in [5.41, 5.74) is 5.45. The van der Waals surface area contributed by atoms with Crippen molar-refractivity contribution in [2.45, 2.75) is 57.9 Å². The van der Waals surface area contributed by atoms with Crippen LogP contribution in [0.4, 0.5) is 5.69 Å². The van der Waals surface area contributed by atoms with Crippen molar-refractivity contribution in [1.29, 1.82) is 0 Å². The average Bonchev–Trinajstić information content (AvgIpc) is 3.27. The van der Waals surface area contributed by atoms with Gasteiger partial charge in [-0.05, 0) is 63.3 Å². The van der Waals surface area contributed by atoms with Gasteiger partial charge in [-0.25, -0.2) is 14.5 Å². The minimum Gasteiger partial charge on any atom is -0.461 e. The molecule has 1 aliphatic carbocycles. The van der Waals surface area contributed by atoms with Gasteiger partial charge in [0.25, 0.3) is 0 Å². The molecular formula is C29H37N5O3. The normalized spacial score (nSPS) is 19.8. The molecule has 2 aliphatic heterocycles. The number of piperidine rings is 1. The van der Waals surface area contributed by atoms with E-state index in [1.54, 1.807) is 0 Å². The van der Waals surface area contributed by atoms with E-state index in [4.69, 9.17) is 19.6 Å². The second kappa shape index (κ2) is 10.4. The first kappa shape index (κ1) is 24.4. The number of rotatable bonds is 6. The van der Waals surface area contributed by atoms with Gasteiger partial charge in [-0.2, -0.15) is 5.10 Å². The summed E-state index contributed by atoms with van der Waals surface area (Å²) in [6.07, 6.45) is 5.74. The van der Waals surface area contributed by atoms with Crippen molar-refractivity contribution in [2.24, 2.45) is 0 Å². The van der Waals surface area contributed by atoms with Crippen LogP contribution < -0.4 is 4.90 Å². The fourth-order valence-electron chi connectivity index (χ4n) is 6.00. The van der Waals surface area contributed by atoms with Crippen molar-refractivity contribution in [3.05, 3.63) is 47.3 Å². The molecule has 8 nitrogen and oxygen atoms in total. The number of hydrogen-bond donors (Lipinski definition) is 0. The van der Waals surface area contributed by atoms with E-state index in [1.807, 2.05) is 23.7 Å². The lowest BCUT2D eigenvalue weighted by Gasteiger charge is -2.41. The van der Waals surface area contributed by atoms with Crippen LogP contribution >= 0.6 is 0 Å². The van der Waals surface area contributed by atoms with Gasteiger partial charge in [-0.3, -0.25) is 4.90 Å². The van der Waals surface area contributed by atoms with Gasteiger partial charge in [0, 0.05) is 38.1 Å². The van der Waals surface area contributed by atoms with Crippen LogP contribution in [-0.4, -0.2) is 77.7 Å². The van der Waals surface area contributed by atoms with Gasteiger partial charge in [-0.1, -0.05) is 18.6 Å². The van der Waals surface area contributed by atoms with Gasteiger partial charge >= 0.3 is 5.97 Å². The Kier molecular flexibility index (Phi) is 6.86. The first-order valence-electron chi connectivity index (χ1n) is 13.9. The third-order valence-electron chi connectivity index (χ3n) is 8.23. The van der Waals surface area contributed by atoms with Crippen molar-refractivity contribution < 1.29 is 14.3 Å². The summed E-state index contributed by atoms with van der Waals surface area (Å²) in [6, 6.07) is 10.9. The minimum atomic E-state index is -0.379. The highest BCUT2D eigenvalue weighted by Crippen LogP contribution is 2.43. The summed E-state index contributed by atoms with van der Waals surface area (Å²) in [5, 5.41) is 6.27. The maximum atomic E-state index is 12.9. The van der Waals surface area contributed by atoms with E-state index in [-0.39, 0.29) is 5.97 Å². The largest absolute Gasteiger partial charge is 0.461 e. The lowest BCUT2D eigenvalue weighted by atomic mass is 9.82. The van der Waals surface area contributed by atoms with Gasteiger partial charge < -0.3 is 14.4 Å². The first-order chi connectivity index (χ1) is 18.1. The van der Waals surface area contributed by atoms with E-state index >= 15 is 0 Å². The first-order valence-corrected chi connectivity index (χ1v) is 13.9. The quantitative estimate of drug-likeness (QED) is 0.460. The van der Waals surface area contributed by atoms with Crippen LogP contribution in [0.15, 0.2) is 30.3 Å². The Morgan fingerprint density at radius 1 is 1.08 bits per heavy atom. The molecule has 3 aliphatic rings. The Labute approximate surface area is 218 Å². The zero-order valence-electron chi connectivity index (χ0n) is 22.0. The number of hydrogen-bond acceptors (Lipinski definition) is 7. The monoisotopic (exact) mass is 503 g/mol. The molecule has 0 bridgehead atoms. The van der Waals surface area contributed by atoms with Crippen LogP contribution in [0.25, 0.3) is 16.7 Å². The zero-order chi connectivity index (χ0) is 25.4. The number of aryl methyl sites for hydroxylation is 1. The minimum absolute atomic E-state index is 0.323. The van der Waals surface area contributed by atoms with E-state index in [0.29, 0.717) is 24.3 Å². The summed E-state index contributed by atoms with van der Waals surface area (Å²) in [5.74, 6) is 0.0597. The average molecular weight is 504 g/mol. The van der Waals surface area contributed by atoms with E-state index in [1.165, 1.54) is 12.0 Å². The third-order valence-corrected chi connectivity index (χ3v) is 8.23. The van der Waals surface area contributed by atoms with E-state index in [0.717, 1.165) is 93.2 Å².